The van der Waals surface area contributed by atoms with E-state index in [1.807, 2.05) is 11.7 Å². The average Bonchev–Trinajstić information content (AvgIpc) is 2.92. The molecule has 3 heteroatoms. The molecule has 0 aromatic carbocycles. The van der Waals surface area contributed by atoms with Crippen LogP contribution in [0.4, 0.5) is 0 Å². The molecule has 0 bridgehead atoms. The molecule has 1 heterocycles. The molecule has 2 rings (SSSR count). The number of nitrogens with one attached hydrogen (secondary N) is 1. The number of hydrogen-bond acceptors (Lipinski definition) is 2. The van der Waals surface area contributed by atoms with Gasteiger partial charge in [-0.15, -0.1) is 0 Å². The monoisotopic (exact) mass is 207 g/mol. The number of aryl methyl sites for hydroxylation is 2. The van der Waals surface area contributed by atoms with Crippen LogP contribution in [0.5, 0.6) is 0 Å². The van der Waals surface area contributed by atoms with Gasteiger partial charge in [-0.2, -0.15) is 5.10 Å². The van der Waals surface area contributed by atoms with E-state index in [0.717, 1.165) is 18.2 Å². The van der Waals surface area contributed by atoms with Crippen molar-refractivity contribution in [1.82, 2.24) is 15.1 Å². The largest absolute Gasteiger partial charge is 0.310 e. The van der Waals surface area contributed by atoms with E-state index >= 15 is 0 Å². The summed E-state index contributed by atoms with van der Waals surface area (Å²) in [6, 6.07) is 0.428. The Bertz CT molecular complexity index is 326. The van der Waals surface area contributed by atoms with Gasteiger partial charge in [-0.3, -0.25) is 4.68 Å². The van der Waals surface area contributed by atoms with Crippen LogP contribution < -0.4 is 5.32 Å². The summed E-state index contributed by atoms with van der Waals surface area (Å²) in [6.07, 6.45) is 6.34. The molecule has 84 valence electrons. The highest BCUT2D eigenvalue weighted by atomic mass is 15.3. The van der Waals surface area contributed by atoms with E-state index in [1.54, 1.807) is 0 Å². The molecule has 15 heavy (non-hydrogen) atoms. The van der Waals surface area contributed by atoms with Crippen LogP contribution in [0.15, 0.2) is 6.20 Å². The molecule has 0 aliphatic heterocycles. The molecule has 1 fully saturated rings. The van der Waals surface area contributed by atoms with Gasteiger partial charge in [0.15, 0.2) is 0 Å². The molecule has 0 saturated heterocycles. The lowest BCUT2D eigenvalue weighted by Gasteiger charge is -2.12. The fourth-order valence-electron chi connectivity index (χ4n) is 2.06. The predicted octanol–water partition coefficient (Wildman–Crippen LogP) is 2.18. The zero-order valence-electron chi connectivity index (χ0n) is 9.95. The number of nitrogens with zero attached hydrogens (tertiary/aromatic N) is 2. The SMILES string of the molecule is Cc1nn(C)cc1C(C)NCCC1CC1. The molecule has 0 amide bonds. The topological polar surface area (TPSA) is 29.9 Å². The van der Waals surface area contributed by atoms with Crippen molar-refractivity contribution in [1.29, 1.82) is 0 Å². The summed E-state index contributed by atoms with van der Waals surface area (Å²) in [5, 5.41) is 7.94. The van der Waals surface area contributed by atoms with E-state index < -0.39 is 0 Å². The molecular weight excluding hydrogens is 186 g/mol. The van der Waals surface area contributed by atoms with Crippen LogP contribution in [0.25, 0.3) is 0 Å². The van der Waals surface area contributed by atoms with Gasteiger partial charge in [0.2, 0.25) is 0 Å². The smallest absolute Gasteiger partial charge is 0.0641 e. The van der Waals surface area contributed by atoms with E-state index in [4.69, 9.17) is 0 Å². The molecule has 1 aliphatic rings. The maximum atomic E-state index is 4.36. The van der Waals surface area contributed by atoms with Gasteiger partial charge in [0, 0.05) is 24.8 Å². The summed E-state index contributed by atoms with van der Waals surface area (Å²) in [7, 11) is 1.98. The van der Waals surface area contributed by atoms with E-state index in [0.29, 0.717) is 6.04 Å². The molecule has 1 saturated carbocycles. The van der Waals surface area contributed by atoms with E-state index in [9.17, 15) is 0 Å². The summed E-state index contributed by atoms with van der Waals surface area (Å²) in [6.45, 7) is 5.44. The maximum absolute atomic E-state index is 4.36. The van der Waals surface area contributed by atoms with Crippen molar-refractivity contribution in [2.75, 3.05) is 6.54 Å². The molecule has 1 aliphatic carbocycles. The highest BCUT2D eigenvalue weighted by Crippen LogP contribution is 2.32. The lowest BCUT2D eigenvalue weighted by molar-refractivity contribution is 0.538. The molecule has 1 aromatic heterocycles. The Morgan fingerprint density at radius 1 is 1.60 bits per heavy atom. The van der Waals surface area contributed by atoms with Crippen molar-refractivity contribution in [2.24, 2.45) is 13.0 Å². The highest BCUT2D eigenvalue weighted by molar-refractivity contribution is 5.19. The van der Waals surface area contributed by atoms with Crippen LogP contribution in [0.2, 0.25) is 0 Å². The Labute approximate surface area is 91.9 Å². The van der Waals surface area contributed by atoms with Gasteiger partial charge in [-0.05, 0) is 32.7 Å². The minimum atomic E-state index is 0.428. The minimum absolute atomic E-state index is 0.428. The van der Waals surface area contributed by atoms with E-state index in [2.05, 4.69) is 30.5 Å². The summed E-state index contributed by atoms with van der Waals surface area (Å²) >= 11 is 0. The fourth-order valence-corrected chi connectivity index (χ4v) is 2.06. The first-order chi connectivity index (χ1) is 7.16. The van der Waals surface area contributed by atoms with Crippen LogP contribution in [0.3, 0.4) is 0 Å². The fraction of sp³-hybridized carbons (Fsp3) is 0.750. The summed E-state index contributed by atoms with van der Waals surface area (Å²) in [4.78, 5) is 0. The van der Waals surface area contributed by atoms with Gasteiger partial charge in [0.05, 0.1) is 5.69 Å². The van der Waals surface area contributed by atoms with Crippen molar-refractivity contribution < 1.29 is 0 Å². The number of rotatable bonds is 5. The van der Waals surface area contributed by atoms with Crippen molar-refractivity contribution >= 4 is 0 Å². The quantitative estimate of drug-likeness (QED) is 0.802. The van der Waals surface area contributed by atoms with Gasteiger partial charge in [-0.25, -0.2) is 0 Å². The molecule has 1 N–H and O–H groups in total. The highest BCUT2D eigenvalue weighted by Gasteiger charge is 2.20. The molecule has 0 radical (unpaired) electrons. The van der Waals surface area contributed by atoms with Crippen LogP contribution in [0.1, 0.15) is 43.5 Å². The van der Waals surface area contributed by atoms with E-state index in [-0.39, 0.29) is 0 Å². The normalized spacial score (nSPS) is 18.1. The number of aromatic nitrogens is 2. The van der Waals surface area contributed by atoms with Gasteiger partial charge in [-0.1, -0.05) is 12.8 Å². The van der Waals surface area contributed by atoms with Gasteiger partial charge < -0.3 is 5.32 Å². The first kappa shape index (κ1) is 10.7. The zero-order valence-corrected chi connectivity index (χ0v) is 9.95. The Morgan fingerprint density at radius 2 is 2.33 bits per heavy atom. The molecule has 0 spiro atoms. The Kier molecular flexibility index (Phi) is 3.10. The molecular formula is C12H21N3. The third-order valence-electron chi connectivity index (χ3n) is 3.22. The van der Waals surface area contributed by atoms with E-state index in [1.165, 1.54) is 24.8 Å². The van der Waals surface area contributed by atoms with Crippen LogP contribution in [0, 0.1) is 12.8 Å². The first-order valence-electron chi connectivity index (χ1n) is 5.90. The van der Waals surface area contributed by atoms with Crippen molar-refractivity contribution in [2.45, 2.75) is 39.2 Å². The second-order valence-electron chi connectivity index (χ2n) is 4.75. The second kappa shape index (κ2) is 4.35. The molecule has 1 unspecified atom stereocenters. The van der Waals surface area contributed by atoms with Crippen molar-refractivity contribution in [3.63, 3.8) is 0 Å². The molecule has 1 atom stereocenters. The second-order valence-corrected chi connectivity index (χ2v) is 4.75. The lowest BCUT2D eigenvalue weighted by Crippen LogP contribution is -2.20. The maximum Gasteiger partial charge on any atom is 0.0641 e. The summed E-state index contributed by atoms with van der Waals surface area (Å²) in [5.74, 6) is 1.01. The zero-order chi connectivity index (χ0) is 10.8. The van der Waals surface area contributed by atoms with Crippen LogP contribution >= 0.6 is 0 Å². The van der Waals surface area contributed by atoms with Gasteiger partial charge >= 0.3 is 0 Å². The molecule has 3 nitrogen and oxygen atoms in total. The van der Waals surface area contributed by atoms with Crippen LogP contribution in [-0.2, 0) is 7.05 Å². The summed E-state index contributed by atoms with van der Waals surface area (Å²) < 4.78 is 1.89. The first-order valence-corrected chi connectivity index (χ1v) is 5.90. The Balaban J connectivity index is 1.83. The third kappa shape index (κ3) is 2.81. The van der Waals surface area contributed by atoms with Gasteiger partial charge in [0.1, 0.15) is 0 Å². The average molecular weight is 207 g/mol. The molecule has 1 aromatic rings. The van der Waals surface area contributed by atoms with Crippen LogP contribution in [-0.4, -0.2) is 16.3 Å². The summed E-state index contributed by atoms with van der Waals surface area (Å²) in [5.41, 5.74) is 2.47. The van der Waals surface area contributed by atoms with Crippen molar-refractivity contribution in [3.05, 3.63) is 17.5 Å². The van der Waals surface area contributed by atoms with Crippen molar-refractivity contribution in [3.8, 4) is 0 Å². The van der Waals surface area contributed by atoms with Gasteiger partial charge in [0.25, 0.3) is 0 Å². The predicted molar refractivity (Wildman–Crippen MR) is 61.7 cm³/mol. The Hall–Kier alpha value is -0.830. The lowest BCUT2D eigenvalue weighted by atomic mass is 10.1. The number of hydrogen-bond donors (Lipinski definition) is 1. The third-order valence-corrected chi connectivity index (χ3v) is 3.22. The minimum Gasteiger partial charge on any atom is -0.310 e. The standard InChI is InChI=1S/C12H21N3/c1-9(13-7-6-11-4-5-11)12-8-15(3)14-10(12)2/h8-9,11,13H,4-7H2,1-3H3. The Morgan fingerprint density at radius 3 is 2.87 bits per heavy atom.